The molecular weight excluding hydrogens is 376 g/mol. The molecule has 0 bridgehead atoms. The van der Waals surface area contributed by atoms with Gasteiger partial charge in [-0.05, 0) is 37.8 Å². The van der Waals surface area contributed by atoms with Crippen LogP contribution < -0.4 is 0 Å². The van der Waals surface area contributed by atoms with Gasteiger partial charge in [0.05, 0.1) is 29.3 Å². The lowest BCUT2D eigenvalue weighted by Gasteiger charge is -2.54. The Labute approximate surface area is 168 Å². The Hall–Kier alpha value is -2.57. The monoisotopic (exact) mass is 400 g/mol. The summed E-state index contributed by atoms with van der Waals surface area (Å²) in [4.78, 5) is 37.8. The number of rotatable bonds is 3. The average molecular weight is 400 g/mol. The first-order valence-electron chi connectivity index (χ1n) is 10.2. The molecule has 2 saturated heterocycles. The van der Waals surface area contributed by atoms with Crippen LogP contribution in [0.15, 0.2) is 34.7 Å². The van der Waals surface area contributed by atoms with Crippen LogP contribution in [0.1, 0.15) is 51.2 Å². The fourth-order valence-corrected chi connectivity index (χ4v) is 6.31. The third-order valence-corrected chi connectivity index (χ3v) is 7.60. The molecule has 2 aliphatic heterocycles. The van der Waals surface area contributed by atoms with E-state index in [4.69, 9.17) is 18.6 Å². The third-order valence-electron chi connectivity index (χ3n) is 7.60. The molecule has 1 spiro atoms. The maximum Gasteiger partial charge on any atom is 0.317 e. The first kappa shape index (κ1) is 18.5. The molecule has 6 atom stereocenters. The summed E-state index contributed by atoms with van der Waals surface area (Å²) in [7, 11) is 0. The van der Waals surface area contributed by atoms with Crippen molar-refractivity contribution in [3.8, 4) is 0 Å². The second-order valence-electron chi connectivity index (χ2n) is 8.76. The number of cyclic esters (lactones) is 1. The normalized spacial score (nSPS) is 40.3. The third kappa shape index (κ3) is 2.33. The molecule has 5 rings (SSSR count). The van der Waals surface area contributed by atoms with Crippen molar-refractivity contribution in [1.29, 1.82) is 0 Å². The van der Waals surface area contributed by atoms with Crippen molar-refractivity contribution in [2.45, 2.75) is 51.7 Å². The quantitative estimate of drug-likeness (QED) is 0.437. The highest BCUT2D eigenvalue weighted by atomic mass is 16.6. The molecule has 7 nitrogen and oxygen atoms in total. The molecule has 3 heterocycles. The van der Waals surface area contributed by atoms with Crippen LogP contribution in [0, 0.1) is 22.7 Å². The molecule has 4 aliphatic rings. The van der Waals surface area contributed by atoms with E-state index in [1.807, 2.05) is 19.1 Å². The average Bonchev–Trinajstić information content (AvgIpc) is 3.38. The lowest BCUT2D eigenvalue weighted by atomic mass is 9.46. The summed E-state index contributed by atoms with van der Waals surface area (Å²) < 4.78 is 22.2. The van der Waals surface area contributed by atoms with Gasteiger partial charge < -0.3 is 18.6 Å². The summed E-state index contributed by atoms with van der Waals surface area (Å²) in [5.41, 5.74) is 0.110. The van der Waals surface area contributed by atoms with Gasteiger partial charge in [0, 0.05) is 18.9 Å². The van der Waals surface area contributed by atoms with E-state index in [9.17, 15) is 14.4 Å². The zero-order valence-electron chi connectivity index (χ0n) is 16.5. The fraction of sp³-hybridized carbons (Fsp3) is 0.591. The summed E-state index contributed by atoms with van der Waals surface area (Å²) in [6.45, 7) is 3.35. The zero-order chi connectivity index (χ0) is 20.4. The Bertz CT molecular complexity index is 900. The number of ether oxygens (including phenoxy) is 3. The van der Waals surface area contributed by atoms with Crippen molar-refractivity contribution in [2.75, 3.05) is 6.61 Å². The summed E-state index contributed by atoms with van der Waals surface area (Å²) >= 11 is 0. The number of carbonyl (C=O) groups is 3. The fourth-order valence-electron chi connectivity index (χ4n) is 6.31. The zero-order valence-corrected chi connectivity index (χ0v) is 16.5. The van der Waals surface area contributed by atoms with Gasteiger partial charge in [-0.3, -0.25) is 14.4 Å². The van der Waals surface area contributed by atoms with Gasteiger partial charge in [0.25, 0.3) is 0 Å². The SMILES string of the molecule is CC(=O)OC[C@@]12[C@@H]3CCC[C@H]1C(=O)O[C@@H]2C=C(C)[C@]31C[C@@H](c2ccoc2)OC1=O. The van der Waals surface area contributed by atoms with E-state index in [1.54, 1.807) is 12.5 Å². The van der Waals surface area contributed by atoms with Gasteiger partial charge in [0.2, 0.25) is 0 Å². The van der Waals surface area contributed by atoms with Gasteiger partial charge in [-0.1, -0.05) is 12.0 Å². The molecule has 3 fully saturated rings. The Morgan fingerprint density at radius 1 is 1.28 bits per heavy atom. The van der Waals surface area contributed by atoms with Crippen molar-refractivity contribution in [1.82, 2.24) is 0 Å². The van der Waals surface area contributed by atoms with E-state index >= 15 is 0 Å². The number of hydrogen-bond acceptors (Lipinski definition) is 7. The molecule has 29 heavy (non-hydrogen) atoms. The molecule has 1 aromatic heterocycles. The number of carbonyl (C=O) groups excluding carboxylic acids is 3. The van der Waals surface area contributed by atoms with Crippen molar-refractivity contribution in [3.63, 3.8) is 0 Å². The lowest BCUT2D eigenvalue weighted by Crippen LogP contribution is -2.59. The van der Waals surface area contributed by atoms with Crippen LogP contribution in [-0.4, -0.2) is 30.6 Å². The largest absolute Gasteiger partial charge is 0.472 e. The van der Waals surface area contributed by atoms with Gasteiger partial charge in [-0.2, -0.15) is 0 Å². The Balaban J connectivity index is 1.63. The van der Waals surface area contributed by atoms with Gasteiger partial charge in [0.1, 0.15) is 18.8 Å². The van der Waals surface area contributed by atoms with Crippen molar-refractivity contribution in [2.24, 2.45) is 22.7 Å². The molecule has 0 unspecified atom stereocenters. The van der Waals surface area contributed by atoms with Crippen LogP contribution >= 0.6 is 0 Å². The molecule has 1 aromatic rings. The molecule has 7 heteroatoms. The Kier molecular flexibility index (Phi) is 3.95. The van der Waals surface area contributed by atoms with E-state index in [1.165, 1.54) is 6.92 Å². The molecule has 154 valence electrons. The number of fused-ring (bicyclic) bond motifs is 1. The molecular formula is C22H24O7. The van der Waals surface area contributed by atoms with Crippen molar-refractivity contribution in [3.05, 3.63) is 35.8 Å². The van der Waals surface area contributed by atoms with Crippen LogP contribution in [0.4, 0.5) is 0 Å². The van der Waals surface area contributed by atoms with E-state index in [2.05, 4.69) is 0 Å². The van der Waals surface area contributed by atoms with E-state index in [0.29, 0.717) is 12.8 Å². The summed E-state index contributed by atoms with van der Waals surface area (Å²) in [6, 6.07) is 1.81. The Morgan fingerprint density at radius 3 is 2.83 bits per heavy atom. The number of furan rings is 1. The van der Waals surface area contributed by atoms with Gasteiger partial charge in [-0.25, -0.2) is 0 Å². The van der Waals surface area contributed by atoms with E-state index < -0.39 is 29.0 Å². The predicted molar refractivity (Wildman–Crippen MR) is 98.1 cm³/mol. The molecule has 0 amide bonds. The van der Waals surface area contributed by atoms with Crippen molar-refractivity contribution < 1.29 is 33.0 Å². The minimum Gasteiger partial charge on any atom is -0.472 e. The molecule has 0 aromatic carbocycles. The summed E-state index contributed by atoms with van der Waals surface area (Å²) in [5, 5.41) is 0. The standard InChI is InChI=1S/C22H24O7/c1-12-8-18-22(11-27-13(2)23)15(19(24)29-18)4-3-5-17(22)21(12)9-16(28-20(21)25)14-6-7-26-10-14/h6-8,10,15-18H,3-5,9,11H2,1-2H3/t15-,16-,17+,18+,21+,22-/m0/s1. The van der Waals surface area contributed by atoms with Crippen LogP contribution in [0.3, 0.4) is 0 Å². The van der Waals surface area contributed by atoms with Crippen LogP contribution in [0.5, 0.6) is 0 Å². The van der Waals surface area contributed by atoms with Gasteiger partial charge in [0.15, 0.2) is 0 Å². The first-order chi connectivity index (χ1) is 13.9. The Morgan fingerprint density at radius 2 is 2.10 bits per heavy atom. The van der Waals surface area contributed by atoms with Gasteiger partial charge in [-0.15, -0.1) is 0 Å². The topological polar surface area (TPSA) is 92.0 Å². The molecule has 0 N–H and O–H groups in total. The van der Waals surface area contributed by atoms with Crippen LogP contribution in [0.25, 0.3) is 0 Å². The second-order valence-corrected chi connectivity index (χ2v) is 8.76. The minimum absolute atomic E-state index is 0.0727. The second kappa shape index (κ2) is 6.21. The molecule has 1 saturated carbocycles. The first-order valence-corrected chi connectivity index (χ1v) is 10.2. The van der Waals surface area contributed by atoms with E-state index in [0.717, 1.165) is 24.0 Å². The molecule has 2 aliphatic carbocycles. The van der Waals surface area contributed by atoms with Crippen LogP contribution in [-0.2, 0) is 28.6 Å². The van der Waals surface area contributed by atoms with E-state index in [-0.39, 0.29) is 30.4 Å². The summed E-state index contributed by atoms with van der Waals surface area (Å²) in [5.74, 6) is -1.51. The number of hydrogen-bond donors (Lipinski definition) is 0. The van der Waals surface area contributed by atoms with Crippen LogP contribution in [0.2, 0.25) is 0 Å². The highest BCUT2D eigenvalue weighted by Gasteiger charge is 2.72. The van der Waals surface area contributed by atoms with Crippen molar-refractivity contribution >= 4 is 17.9 Å². The molecule has 0 radical (unpaired) electrons. The highest BCUT2D eigenvalue weighted by molar-refractivity contribution is 5.86. The minimum atomic E-state index is -0.856. The smallest absolute Gasteiger partial charge is 0.317 e. The predicted octanol–water partition coefficient (Wildman–Crippen LogP) is 3.11. The maximum absolute atomic E-state index is 13.4. The summed E-state index contributed by atoms with van der Waals surface area (Å²) in [6.07, 6.45) is 6.90. The number of esters is 3. The maximum atomic E-state index is 13.4. The lowest BCUT2D eigenvalue weighted by molar-refractivity contribution is -0.165. The highest BCUT2D eigenvalue weighted by Crippen LogP contribution is 2.67. The van der Waals surface area contributed by atoms with Gasteiger partial charge >= 0.3 is 17.9 Å².